The van der Waals surface area contributed by atoms with Gasteiger partial charge in [-0.2, -0.15) is 0 Å². The molecule has 3 amide bonds. The summed E-state index contributed by atoms with van der Waals surface area (Å²) in [4.78, 5) is 53.3. The summed E-state index contributed by atoms with van der Waals surface area (Å²) in [5, 5.41) is 4.79. The van der Waals surface area contributed by atoms with Crippen molar-refractivity contribution in [3.63, 3.8) is 0 Å². The van der Waals surface area contributed by atoms with Crippen LogP contribution >= 0.6 is 34.5 Å². The van der Waals surface area contributed by atoms with Crippen LogP contribution in [0.3, 0.4) is 0 Å². The highest BCUT2D eigenvalue weighted by Crippen LogP contribution is 2.32. The number of rotatable bonds is 5. The van der Waals surface area contributed by atoms with Gasteiger partial charge < -0.3 is 10.1 Å². The zero-order valence-corrected chi connectivity index (χ0v) is 16.9. The summed E-state index contributed by atoms with van der Waals surface area (Å²) in [5.41, 5.74) is 0.590. The van der Waals surface area contributed by atoms with E-state index in [1.807, 2.05) is 0 Å². The van der Waals surface area contributed by atoms with Crippen LogP contribution in [0.4, 0.5) is 5.13 Å². The Balaban J connectivity index is 1.68. The number of nitrogens with zero attached hydrogens (tertiary/aromatic N) is 2. The molecule has 0 unspecified atom stereocenters. The molecule has 8 nitrogen and oxygen atoms in total. The van der Waals surface area contributed by atoms with Gasteiger partial charge in [-0.15, -0.1) is 11.3 Å². The summed E-state index contributed by atoms with van der Waals surface area (Å²) in [7, 11) is 0. The van der Waals surface area contributed by atoms with E-state index in [-0.39, 0.29) is 33.7 Å². The number of fused-ring (bicyclic) bond motifs is 1. The number of aromatic nitrogens is 1. The summed E-state index contributed by atoms with van der Waals surface area (Å²) < 4.78 is 5.16. The first-order valence-electron chi connectivity index (χ1n) is 7.94. The SMILES string of the molecule is CC(=O)Nc1nc(COC(=O)[C@H](C)N2C(=O)c3cc(Cl)c(Cl)cc3C2=O)cs1. The number of imide groups is 1. The lowest BCUT2D eigenvalue weighted by Gasteiger charge is -2.20. The lowest BCUT2D eigenvalue weighted by molar-refractivity contribution is -0.149. The Morgan fingerprint density at radius 1 is 1.21 bits per heavy atom. The first kappa shape index (κ1) is 20.2. The minimum Gasteiger partial charge on any atom is -0.458 e. The molecule has 1 aromatic carbocycles. The maximum absolute atomic E-state index is 12.5. The van der Waals surface area contributed by atoms with E-state index in [0.29, 0.717) is 10.8 Å². The molecule has 0 bridgehead atoms. The van der Waals surface area contributed by atoms with Crippen molar-refractivity contribution < 1.29 is 23.9 Å². The Bertz CT molecular complexity index is 966. The minimum atomic E-state index is -1.15. The number of hydrogen-bond donors (Lipinski definition) is 1. The molecule has 1 N–H and O–H groups in total. The van der Waals surface area contributed by atoms with Crippen LogP contribution in [-0.4, -0.2) is 39.6 Å². The van der Waals surface area contributed by atoms with Crippen molar-refractivity contribution in [2.24, 2.45) is 0 Å². The van der Waals surface area contributed by atoms with Gasteiger partial charge in [-0.1, -0.05) is 23.2 Å². The highest BCUT2D eigenvalue weighted by atomic mass is 35.5. The second-order valence-corrected chi connectivity index (χ2v) is 7.57. The Labute approximate surface area is 173 Å². The zero-order chi connectivity index (χ0) is 20.6. The number of thiazole rings is 1. The number of nitrogens with one attached hydrogen (secondary N) is 1. The lowest BCUT2D eigenvalue weighted by atomic mass is 10.1. The van der Waals surface area contributed by atoms with Gasteiger partial charge in [0.05, 0.1) is 26.9 Å². The Hall–Kier alpha value is -2.49. The molecule has 1 atom stereocenters. The van der Waals surface area contributed by atoms with Crippen molar-refractivity contribution >= 4 is 63.4 Å². The van der Waals surface area contributed by atoms with E-state index >= 15 is 0 Å². The van der Waals surface area contributed by atoms with Gasteiger partial charge in [0.15, 0.2) is 5.13 Å². The summed E-state index contributed by atoms with van der Waals surface area (Å²) in [6.07, 6.45) is 0. The quantitative estimate of drug-likeness (QED) is 0.564. The lowest BCUT2D eigenvalue weighted by Crippen LogP contribution is -2.43. The third kappa shape index (κ3) is 3.87. The number of ether oxygens (including phenoxy) is 1. The van der Waals surface area contributed by atoms with Gasteiger partial charge in [0.1, 0.15) is 12.6 Å². The third-order valence-electron chi connectivity index (χ3n) is 3.88. The van der Waals surface area contributed by atoms with Crippen molar-refractivity contribution in [1.82, 2.24) is 9.88 Å². The molecular weight excluding hydrogens is 429 g/mol. The topological polar surface area (TPSA) is 106 Å². The van der Waals surface area contributed by atoms with Crippen molar-refractivity contribution in [2.45, 2.75) is 26.5 Å². The molecule has 0 aliphatic carbocycles. The van der Waals surface area contributed by atoms with E-state index in [0.717, 1.165) is 4.90 Å². The molecule has 3 rings (SSSR count). The highest BCUT2D eigenvalue weighted by molar-refractivity contribution is 7.13. The predicted octanol–water partition coefficient (Wildman–Crippen LogP) is 3.14. The predicted molar refractivity (Wildman–Crippen MR) is 103 cm³/mol. The van der Waals surface area contributed by atoms with E-state index < -0.39 is 23.8 Å². The molecular formula is C17H13Cl2N3O5S. The third-order valence-corrected chi connectivity index (χ3v) is 5.41. The fourth-order valence-electron chi connectivity index (χ4n) is 2.56. The molecule has 0 saturated carbocycles. The fraction of sp³-hybridized carbons (Fsp3) is 0.235. The average Bonchev–Trinajstić information content (AvgIpc) is 3.16. The van der Waals surface area contributed by atoms with Crippen molar-refractivity contribution in [2.75, 3.05) is 5.32 Å². The normalized spacial score (nSPS) is 14.1. The second-order valence-electron chi connectivity index (χ2n) is 5.90. The summed E-state index contributed by atoms with van der Waals surface area (Å²) in [6.45, 7) is 2.57. The largest absolute Gasteiger partial charge is 0.458 e. The zero-order valence-electron chi connectivity index (χ0n) is 14.6. The molecule has 0 spiro atoms. The molecule has 0 radical (unpaired) electrons. The minimum absolute atomic E-state index is 0.0819. The Morgan fingerprint density at radius 3 is 2.32 bits per heavy atom. The summed E-state index contributed by atoms with van der Waals surface area (Å²) in [5.74, 6) is -2.34. The van der Waals surface area contributed by atoms with Gasteiger partial charge in [-0.3, -0.25) is 19.3 Å². The molecule has 1 aliphatic heterocycles. The van der Waals surface area contributed by atoms with E-state index in [4.69, 9.17) is 27.9 Å². The molecule has 28 heavy (non-hydrogen) atoms. The van der Waals surface area contributed by atoms with Crippen molar-refractivity contribution in [3.8, 4) is 0 Å². The van der Waals surface area contributed by atoms with Crippen LogP contribution in [0.15, 0.2) is 17.5 Å². The van der Waals surface area contributed by atoms with Gasteiger partial charge in [0, 0.05) is 12.3 Å². The van der Waals surface area contributed by atoms with Crippen LogP contribution in [0.5, 0.6) is 0 Å². The first-order valence-corrected chi connectivity index (χ1v) is 9.58. The van der Waals surface area contributed by atoms with Gasteiger partial charge in [0.25, 0.3) is 11.8 Å². The molecule has 146 valence electrons. The number of hydrogen-bond acceptors (Lipinski definition) is 7. The number of carbonyl (C=O) groups excluding carboxylic acids is 4. The van der Waals surface area contributed by atoms with Crippen LogP contribution in [-0.2, 0) is 20.9 Å². The number of anilines is 1. The summed E-state index contributed by atoms with van der Waals surface area (Å²) in [6, 6.07) is 1.45. The van der Waals surface area contributed by atoms with Gasteiger partial charge in [-0.25, -0.2) is 9.78 Å². The fourth-order valence-corrected chi connectivity index (χ4v) is 3.62. The maximum atomic E-state index is 12.5. The number of esters is 1. The molecule has 1 aliphatic rings. The van der Waals surface area contributed by atoms with Crippen LogP contribution in [0.2, 0.25) is 10.0 Å². The number of amides is 3. The van der Waals surface area contributed by atoms with E-state index in [2.05, 4.69) is 10.3 Å². The van der Waals surface area contributed by atoms with E-state index in [9.17, 15) is 19.2 Å². The molecule has 11 heteroatoms. The first-order chi connectivity index (χ1) is 13.2. The van der Waals surface area contributed by atoms with E-state index in [1.54, 1.807) is 5.38 Å². The highest BCUT2D eigenvalue weighted by Gasteiger charge is 2.42. The van der Waals surface area contributed by atoms with Crippen molar-refractivity contribution in [1.29, 1.82) is 0 Å². The standard InChI is InChI=1S/C17H13Cl2N3O5S/c1-7(16(26)27-5-9-6-28-17(21-9)20-8(2)23)22-14(24)10-3-12(18)13(19)4-11(10)15(22)25/h3-4,6-7H,5H2,1-2H3,(H,20,21,23)/t7-/m0/s1. The van der Waals surface area contributed by atoms with Gasteiger partial charge in [0.2, 0.25) is 5.91 Å². The van der Waals surface area contributed by atoms with Crippen LogP contribution in [0.25, 0.3) is 0 Å². The number of halogens is 2. The van der Waals surface area contributed by atoms with Gasteiger partial charge in [-0.05, 0) is 19.1 Å². The summed E-state index contributed by atoms with van der Waals surface area (Å²) >= 11 is 13.0. The van der Waals surface area contributed by atoms with Crippen LogP contribution in [0.1, 0.15) is 40.3 Å². The van der Waals surface area contributed by atoms with Crippen LogP contribution < -0.4 is 5.32 Å². The smallest absolute Gasteiger partial charge is 0.329 e. The van der Waals surface area contributed by atoms with Crippen molar-refractivity contribution in [3.05, 3.63) is 44.4 Å². The van der Waals surface area contributed by atoms with Crippen LogP contribution in [0, 0.1) is 0 Å². The second kappa shape index (κ2) is 7.86. The monoisotopic (exact) mass is 441 g/mol. The maximum Gasteiger partial charge on any atom is 0.329 e. The van der Waals surface area contributed by atoms with E-state index in [1.165, 1.54) is 37.3 Å². The molecule has 0 saturated heterocycles. The molecule has 1 aromatic heterocycles. The Kier molecular flexibility index (Phi) is 5.69. The molecule has 2 heterocycles. The van der Waals surface area contributed by atoms with Gasteiger partial charge >= 0.3 is 5.97 Å². The number of carbonyl (C=O) groups is 4. The Morgan fingerprint density at radius 2 is 1.79 bits per heavy atom. The average molecular weight is 442 g/mol. The molecule has 2 aromatic rings. The number of benzene rings is 1. The molecule has 0 fully saturated rings.